The smallest absolute Gasteiger partial charge is 0.319 e. The van der Waals surface area contributed by atoms with Crippen LogP contribution >= 0.6 is 0 Å². The fraction of sp³-hybridized carbons (Fsp3) is 0.211. The van der Waals surface area contributed by atoms with Crippen LogP contribution in [0, 0.1) is 0 Å². The molecule has 2 aromatic carbocycles. The van der Waals surface area contributed by atoms with E-state index in [2.05, 4.69) is 15.3 Å². The number of imidazole rings is 1. The molecule has 0 saturated heterocycles. The van der Waals surface area contributed by atoms with Crippen LogP contribution in [0.3, 0.4) is 0 Å². The Labute approximate surface area is 155 Å². The number of aromatic nitrogens is 2. The molecule has 0 saturated carbocycles. The third-order valence-electron chi connectivity index (χ3n) is 4.50. The van der Waals surface area contributed by atoms with E-state index in [1.807, 2.05) is 13.0 Å². The number of anilines is 2. The van der Waals surface area contributed by atoms with Gasteiger partial charge in [-0.05, 0) is 55.3 Å². The van der Waals surface area contributed by atoms with Crippen LogP contribution in [0.5, 0.6) is 6.01 Å². The number of amides is 3. The summed E-state index contributed by atoms with van der Waals surface area (Å²) in [6.07, 6.45) is 0.711. The van der Waals surface area contributed by atoms with Crippen LogP contribution in [-0.2, 0) is 6.42 Å². The number of hydrogen-bond acceptors (Lipinski definition) is 4. The summed E-state index contributed by atoms with van der Waals surface area (Å²) in [5, 5.41) is 2.89. The average molecular weight is 365 g/mol. The van der Waals surface area contributed by atoms with Crippen LogP contribution in [0.2, 0.25) is 0 Å². The highest BCUT2D eigenvalue weighted by Gasteiger charge is 2.23. The van der Waals surface area contributed by atoms with Crippen molar-refractivity contribution in [3.63, 3.8) is 0 Å². The third kappa shape index (κ3) is 3.17. The van der Waals surface area contributed by atoms with Crippen LogP contribution in [-0.4, -0.2) is 35.1 Å². The zero-order valence-corrected chi connectivity index (χ0v) is 14.8. The van der Waals surface area contributed by atoms with Gasteiger partial charge in [0.25, 0.3) is 11.9 Å². The average Bonchev–Trinajstić information content (AvgIpc) is 3.24. The molecule has 0 spiro atoms. The first-order valence-corrected chi connectivity index (χ1v) is 8.69. The Hall–Kier alpha value is -3.55. The van der Waals surface area contributed by atoms with E-state index in [0.29, 0.717) is 36.8 Å². The number of H-pyrrole nitrogens is 1. The fourth-order valence-corrected chi connectivity index (χ4v) is 3.24. The number of urea groups is 1. The lowest BCUT2D eigenvalue weighted by molar-refractivity contribution is 0.102. The molecule has 3 aromatic rings. The van der Waals surface area contributed by atoms with Crippen molar-refractivity contribution in [2.24, 2.45) is 5.73 Å². The highest BCUT2D eigenvalue weighted by atomic mass is 16.5. The first-order valence-electron chi connectivity index (χ1n) is 8.69. The number of benzene rings is 2. The highest BCUT2D eigenvalue weighted by molar-refractivity contribution is 6.06. The Kier molecular flexibility index (Phi) is 4.15. The molecule has 1 aromatic heterocycles. The summed E-state index contributed by atoms with van der Waals surface area (Å²) in [5.74, 6) is -0.228. The molecule has 0 fully saturated rings. The minimum Gasteiger partial charge on any atom is -0.465 e. The van der Waals surface area contributed by atoms with E-state index in [4.69, 9.17) is 10.5 Å². The first kappa shape index (κ1) is 16.9. The summed E-state index contributed by atoms with van der Waals surface area (Å²) in [6.45, 7) is 2.95. The number of nitrogens with one attached hydrogen (secondary N) is 2. The van der Waals surface area contributed by atoms with Gasteiger partial charge in [-0.2, -0.15) is 4.98 Å². The first-order chi connectivity index (χ1) is 13.0. The lowest BCUT2D eigenvalue weighted by Crippen LogP contribution is -2.33. The number of aromatic amines is 1. The van der Waals surface area contributed by atoms with Gasteiger partial charge in [-0.25, -0.2) is 4.79 Å². The maximum Gasteiger partial charge on any atom is 0.319 e. The van der Waals surface area contributed by atoms with E-state index in [-0.39, 0.29) is 5.91 Å². The van der Waals surface area contributed by atoms with E-state index in [9.17, 15) is 9.59 Å². The number of rotatable bonds is 4. The molecular weight excluding hydrogens is 346 g/mol. The topological polar surface area (TPSA) is 113 Å². The number of carbonyl (C=O) groups excluding carboxylic acids is 2. The summed E-state index contributed by atoms with van der Waals surface area (Å²) < 4.78 is 5.35. The predicted octanol–water partition coefficient (Wildman–Crippen LogP) is 2.66. The molecule has 0 unspecified atom stereocenters. The van der Waals surface area contributed by atoms with Gasteiger partial charge in [0.1, 0.15) is 0 Å². The molecule has 0 radical (unpaired) electrons. The van der Waals surface area contributed by atoms with Crippen molar-refractivity contribution < 1.29 is 14.3 Å². The van der Waals surface area contributed by atoms with Crippen molar-refractivity contribution in [2.75, 3.05) is 23.4 Å². The fourth-order valence-electron chi connectivity index (χ4n) is 3.24. The van der Waals surface area contributed by atoms with Crippen LogP contribution in [0.4, 0.5) is 16.2 Å². The van der Waals surface area contributed by atoms with Crippen molar-refractivity contribution in [3.8, 4) is 6.01 Å². The third-order valence-corrected chi connectivity index (χ3v) is 4.50. The number of fused-ring (bicyclic) bond motifs is 2. The van der Waals surface area contributed by atoms with Gasteiger partial charge in [-0.15, -0.1) is 0 Å². The maximum atomic E-state index is 12.6. The van der Waals surface area contributed by atoms with Crippen molar-refractivity contribution >= 4 is 34.3 Å². The van der Waals surface area contributed by atoms with E-state index in [0.717, 1.165) is 22.3 Å². The zero-order valence-electron chi connectivity index (χ0n) is 14.8. The molecule has 0 bridgehead atoms. The summed E-state index contributed by atoms with van der Waals surface area (Å²) >= 11 is 0. The summed E-state index contributed by atoms with van der Waals surface area (Å²) in [4.78, 5) is 32.9. The largest absolute Gasteiger partial charge is 0.465 e. The lowest BCUT2D eigenvalue weighted by Gasteiger charge is -2.14. The Balaban J connectivity index is 1.54. The highest BCUT2D eigenvalue weighted by Crippen LogP contribution is 2.30. The van der Waals surface area contributed by atoms with Gasteiger partial charge >= 0.3 is 6.03 Å². The number of nitrogens with two attached hydrogens (primary N) is 1. The minimum absolute atomic E-state index is 0.228. The minimum atomic E-state index is -0.468. The molecule has 8 heteroatoms. The van der Waals surface area contributed by atoms with Crippen molar-refractivity contribution in [2.45, 2.75) is 13.3 Å². The van der Waals surface area contributed by atoms with Crippen LogP contribution in [0.15, 0.2) is 36.4 Å². The van der Waals surface area contributed by atoms with Gasteiger partial charge in [0.15, 0.2) is 0 Å². The van der Waals surface area contributed by atoms with E-state index >= 15 is 0 Å². The van der Waals surface area contributed by atoms with Crippen molar-refractivity contribution in [3.05, 3.63) is 47.5 Å². The van der Waals surface area contributed by atoms with Crippen LogP contribution < -0.4 is 20.7 Å². The van der Waals surface area contributed by atoms with Crippen LogP contribution in [0.1, 0.15) is 22.8 Å². The number of ether oxygens (including phenoxy) is 1. The summed E-state index contributed by atoms with van der Waals surface area (Å²) in [5.41, 5.74) is 9.80. The molecule has 1 aliphatic rings. The molecule has 138 valence electrons. The Morgan fingerprint density at radius 1 is 1.30 bits per heavy atom. The Bertz CT molecular complexity index is 1040. The number of carbonyl (C=O) groups is 2. The molecule has 2 heterocycles. The second-order valence-electron chi connectivity index (χ2n) is 6.24. The SMILES string of the molecule is CCOc1nc2ccc(C(=O)Nc3ccc4c(c3)CCN4C(N)=O)cc2[nH]1. The molecule has 0 atom stereocenters. The quantitative estimate of drug-likeness (QED) is 0.659. The van der Waals surface area contributed by atoms with Gasteiger partial charge in [-0.1, -0.05) is 0 Å². The second kappa shape index (κ2) is 6.64. The monoisotopic (exact) mass is 365 g/mol. The van der Waals surface area contributed by atoms with Gasteiger partial charge in [0.05, 0.1) is 17.6 Å². The van der Waals surface area contributed by atoms with Crippen LogP contribution in [0.25, 0.3) is 11.0 Å². The van der Waals surface area contributed by atoms with E-state index in [1.165, 1.54) is 4.90 Å². The molecule has 27 heavy (non-hydrogen) atoms. The normalized spacial score (nSPS) is 12.9. The zero-order chi connectivity index (χ0) is 19.0. The number of primary amides is 1. The standard InChI is InChI=1S/C19H19N5O3/c1-2-27-19-22-14-5-3-12(10-15(14)23-19)17(25)21-13-4-6-16-11(9-13)7-8-24(16)18(20)26/h3-6,9-10H,2,7-8H2,1H3,(H2,20,26)(H,21,25)(H,22,23). The molecule has 1 aliphatic heterocycles. The maximum absolute atomic E-state index is 12.6. The van der Waals surface area contributed by atoms with Crippen molar-refractivity contribution in [1.29, 1.82) is 0 Å². The predicted molar refractivity (Wildman–Crippen MR) is 102 cm³/mol. The van der Waals surface area contributed by atoms with E-state index in [1.54, 1.807) is 30.3 Å². The second-order valence-corrected chi connectivity index (χ2v) is 6.24. The Morgan fingerprint density at radius 3 is 2.93 bits per heavy atom. The van der Waals surface area contributed by atoms with Gasteiger partial charge < -0.3 is 20.8 Å². The molecule has 8 nitrogen and oxygen atoms in total. The summed E-state index contributed by atoms with van der Waals surface area (Å²) in [6, 6.07) is 10.6. The number of nitrogens with zero attached hydrogens (tertiary/aromatic N) is 2. The van der Waals surface area contributed by atoms with Gasteiger partial charge in [0, 0.05) is 23.5 Å². The molecular formula is C19H19N5O3. The van der Waals surface area contributed by atoms with Gasteiger partial charge in [0.2, 0.25) is 0 Å². The molecule has 3 amide bonds. The molecule has 4 rings (SSSR count). The van der Waals surface area contributed by atoms with Crippen molar-refractivity contribution in [1.82, 2.24) is 9.97 Å². The molecule has 4 N–H and O–H groups in total. The Morgan fingerprint density at radius 2 is 2.15 bits per heavy atom. The summed E-state index contributed by atoms with van der Waals surface area (Å²) in [7, 11) is 0. The van der Waals surface area contributed by atoms with E-state index < -0.39 is 6.03 Å². The number of hydrogen-bond donors (Lipinski definition) is 3. The lowest BCUT2D eigenvalue weighted by atomic mass is 10.1. The van der Waals surface area contributed by atoms with Gasteiger partial charge in [-0.3, -0.25) is 9.69 Å². The molecule has 0 aliphatic carbocycles.